The molecule has 1 heterocycles. The zero-order chi connectivity index (χ0) is 18.7. The van der Waals surface area contributed by atoms with E-state index in [0.717, 1.165) is 6.54 Å². The molecule has 1 atom stereocenters. The van der Waals surface area contributed by atoms with Crippen LogP contribution < -0.4 is 0 Å². The molecule has 1 unspecified atom stereocenters. The number of carbonyl (C=O) groups is 1. The van der Waals surface area contributed by atoms with Crippen molar-refractivity contribution in [1.29, 1.82) is 0 Å². The second-order valence-corrected chi connectivity index (χ2v) is 8.69. The normalized spacial score (nSPS) is 19.4. The number of piperazine rings is 1. The highest BCUT2D eigenvalue weighted by atomic mass is 32.2. The van der Waals surface area contributed by atoms with Gasteiger partial charge < -0.3 is 0 Å². The maximum absolute atomic E-state index is 12.9. The van der Waals surface area contributed by atoms with E-state index in [9.17, 15) is 13.2 Å². The lowest BCUT2D eigenvalue weighted by molar-refractivity contribution is 0.101. The monoisotopic (exact) mass is 372 g/mol. The van der Waals surface area contributed by atoms with Crippen LogP contribution in [-0.4, -0.2) is 49.1 Å². The first-order valence-electron chi connectivity index (χ1n) is 8.77. The van der Waals surface area contributed by atoms with Crippen LogP contribution in [0.4, 0.5) is 0 Å². The number of hydrogen-bond donors (Lipinski definition) is 0. The maximum Gasteiger partial charge on any atom is 0.243 e. The highest BCUT2D eigenvalue weighted by Crippen LogP contribution is 2.22. The molecule has 138 valence electrons. The van der Waals surface area contributed by atoms with Gasteiger partial charge in [-0.25, -0.2) is 8.42 Å². The first-order valence-corrected chi connectivity index (χ1v) is 10.2. The summed E-state index contributed by atoms with van der Waals surface area (Å²) in [5, 5.41) is 0. The number of ketones is 1. The molecule has 2 aromatic rings. The van der Waals surface area contributed by atoms with Crippen molar-refractivity contribution in [3.63, 3.8) is 0 Å². The standard InChI is InChI=1S/C20H24N2O3S/c1-16-14-22(13-12-21(16)15-18-6-4-3-5-7-18)26(24,25)20-10-8-19(9-11-20)17(2)23/h3-11,16H,12-15H2,1-2H3. The van der Waals surface area contributed by atoms with E-state index in [1.165, 1.54) is 24.6 Å². The number of nitrogens with zero attached hydrogens (tertiary/aromatic N) is 2. The van der Waals surface area contributed by atoms with E-state index in [1.807, 2.05) is 18.2 Å². The summed E-state index contributed by atoms with van der Waals surface area (Å²) in [5.41, 5.74) is 1.75. The summed E-state index contributed by atoms with van der Waals surface area (Å²) >= 11 is 0. The molecule has 5 nitrogen and oxygen atoms in total. The Hall–Kier alpha value is -2.02. The second kappa shape index (κ2) is 7.70. The Kier molecular flexibility index (Phi) is 5.55. The summed E-state index contributed by atoms with van der Waals surface area (Å²) < 4.78 is 27.3. The third kappa shape index (κ3) is 4.03. The lowest BCUT2D eigenvalue weighted by Gasteiger charge is -2.39. The van der Waals surface area contributed by atoms with Crippen LogP contribution >= 0.6 is 0 Å². The smallest absolute Gasteiger partial charge is 0.243 e. The highest BCUT2D eigenvalue weighted by molar-refractivity contribution is 7.89. The van der Waals surface area contributed by atoms with Crippen LogP contribution in [0, 0.1) is 0 Å². The second-order valence-electron chi connectivity index (χ2n) is 6.75. The van der Waals surface area contributed by atoms with Crippen molar-refractivity contribution in [3.05, 3.63) is 65.7 Å². The first-order chi connectivity index (χ1) is 12.4. The lowest BCUT2D eigenvalue weighted by Crippen LogP contribution is -2.53. The summed E-state index contributed by atoms with van der Waals surface area (Å²) in [4.78, 5) is 13.9. The molecule has 0 saturated carbocycles. The Bertz CT molecular complexity index is 864. The Morgan fingerprint density at radius 3 is 2.27 bits per heavy atom. The van der Waals surface area contributed by atoms with Gasteiger partial charge in [-0.05, 0) is 31.5 Å². The van der Waals surface area contributed by atoms with E-state index >= 15 is 0 Å². The molecule has 6 heteroatoms. The summed E-state index contributed by atoms with van der Waals surface area (Å²) in [6.45, 7) is 5.97. The van der Waals surface area contributed by atoms with Crippen LogP contribution in [0.3, 0.4) is 0 Å². The Balaban J connectivity index is 1.70. The van der Waals surface area contributed by atoms with Gasteiger partial charge in [0.15, 0.2) is 5.78 Å². The van der Waals surface area contributed by atoms with Crippen molar-refractivity contribution in [3.8, 4) is 0 Å². The van der Waals surface area contributed by atoms with Gasteiger partial charge in [-0.3, -0.25) is 9.69 Å². The van der Waals surface area contributed by atoms with E-state index in [1.54, 1.807) is 16.4 Å². The van der Waals surface area contributed by atoms with Crippen LogP contribution in [0.2, 0.25) is 0 Å². The molecule has 0 aromatic heterocycles. The minimum absolute atomic E-state index is 0.0721. The topological polar surface area (TPSA) is 57.7 Å². The quantitative estimate of drug-likeness (QED) is 0.758. The fourth-order valence-electron chi connectivity index (χ4n) is 3.24. The summed E-state index contributed by atoms with van der Waals surface area (Å²) in [7, 11) is -3.54. The Morgan fingerprint density at radius 2 is 1.69 bits per heavy atom. The van der Waals surface area contributed by atoms with Gasteiger partial charge in [-0.2, -0.15) is 4.31 Å². The van der Waals surface area contributed by atoms with Crippen molar-refractivity contribution in [2.75, 3.05) is 19.6 Å². The van der Waals surface area contributed by atoms with Gasteiger partial charge in [0.25, 0.3) is 0 Å². The molecule has 26 heavy (non-hydrogen) atoms. The van der Waals surface area contributed by atoms with Gasteiger partial charge in [0, 0.05) is 37.8 Å². The van der Waals surface area contributed by atoms with Crippen molar-refractivity contribution in [2.24, 2.45) is 0 Å². The molecule has 0 bridgehead atoms. The molecule has 0 spiro atoms. The SMILES string of the molecule is CC(=O)c1ccc(S(=O)(=O)N2CCN(Cc3ccccc3)C(C)C2)cc1. The lowest BCUT2D eigenvalue weighted by atomic mass is 10.1. The predicted octanol–water partition coefficient (Wildman–Crippen LogP) is 2.78. The Labute approximate surface area is 155 Å². The summed E-state index contributed by atoms with van der Waals surface area (Å²) in [6.07, 6.45) is 0. The first kappa shape index (κ1) is 18.8. The highest BCUT2D eigenvalue weighted by Gasteiger charge is 2.32. The molecule has 2 aromatic carbocycles. The van der Waals surface area contributed by atoms with Gasteiger partial charge >= 0.3 is 0 Å². The van der Waals surface area contributed by atoms with Crippen molar-refractivity contribution in [1.82, 2.24) is 9.21 Å². The molecule has 1 saturated heterocycles. The van der Waals surface area contributed by atoms with Gasteiger partial charge in [0.1, 0.15) is 0 Å². The van der Waals surface area contributed by atoms with E-state index in [-0.39, 0.29) is 16.7 Å². The van der Waals surface area contributed by atoms with Gasteiger partial charge in [0.2, 0.25) is 10.0 Å². The fourth-order valence-corrected chi connectivity index (χ4v) is 4.76. The van der Waals surface area contributed by atoms with Crippen LogP contribution in [0.15, 0.2) is 59.5 Å². The molecule has 1 aliphatic heterocycles. The zero-order valence-electron chi connectivity index (χ0n) is 15.1. The van der Waals surface area contributed by atoms with Gasteiger partial charge in [0.05, 0.1) is 4.90 Å². The molecule has 1 aliphatic rings. The molecular formula is C20H24N2O3S. The van der Waals surface area contributed by atoms with Crippen LogP contribution in [0.1, 0.15) is 29.8 Å². The number of sulfonamides is 1. The molecule has 0 N–H and O–H groups in total. The molecule has 3 rings (SSSR count). The van der Waals surface area contributed by atoms with Gasteiger partial charge in [-0.1, -0.05) is 42.5 Å². The minimum atomic E-state index is -3.54. The largest absolute Gasteiger partial charge is 0.295 e. The van der Waals surface area contributed by atoms with E-state index < -0.39 is 10.0 Å². The van der Waals surface area contributed by atoms with Gasteiger partial charge in [-0.15, -0.1) is 0 Å². The Morgan fingerprint density at radius 1 is 1.04 bits per heavy atom. The molecule has 0 amide bonds. The zero-order valence-corrected chi connectivity index (χ0v) is 15.9. The van der Waals surface area contributed by atoms with Crippen molar-refractivity contribution >= 4 is 15.8 Å². The summed E-state index contributed by atoms with van der Waals surface area (Å²) in [5.74, 6) is -0.0721. The molecular weight excluding hydrogens is 348 g/mol. The predicted molar refractivity (Wildman–Crippen MR) is 102 cm³/mol. The third-order valence-corrected chi connectivity index (χ3v) is 6.73. The third-order valence-electron chi connectivity index (χ3n) is 4.85. The maximum atomic E-state index is 12.9. The number of benzene rings is 2. The number of rotatable bonds is 5. The minimum Gasteiger partial charge on any atom is -0.295 e. The average molecular weight is 372 g/mol. The summed E-state index contributed by atoms with van der Waals surface area (Å²) in [6, 6.07) is 16.5. The van der Waals surface area contributed by atoms with E-state index in [0.29, 0.717) is 25.2 Å². The van der Waals surface area contributed by atoms with Crippen molar-refractivity contribution in [2.45, 2.75) is 31.3 Å². The fraction of sp³-hybridized carbons (Fsp3) is 0.350. The number of hydrogen-bond acceptors (Lipinski definition) is 4. The average Bonchev–Trinajstić information content (AvgIpc) is 2.64. The van der Waals surface area contributed by atoms with Crippen molar-refractivity contribution < 1.29 is 13.2 Å². The number of Topliss-reactive ketones (excluding diaryl/α,β-unsaturated/α-hetero) is 1. The van der Waals surface area contributed by atoms with Crippen LogP contribution in [-0.2, 0) is 16.6 Å². The van der Waals surface area contributed by atoms with E-state index in [4.69, 9.17) is 0 Å². The molecule has 1 fully saturated rings. The number of carbonyl (C=O) groups excluding carboxylic acids is 1. The molecule has 0 aliphatic carbocycles. The van der Waals surface area contributed by atoms with Crippen LogP contribution in [0.25, 0.3) is 0 Å². The molecule has 0 radical (unpaired) electrons. The van der Waals surface area contributed by atoms with E-state index in [2.05, 4.69) is 24.0 Å². The van der Waals surface area contributed by atoms with Crippen LogP contribution in [0.5, 0.6) is 0 Å².